The van der Waals surface area contributed by atoms with Gasteiger partial charge in [0.15, 0.2) is 0 Å². The first-order valence-electron chi connectivity index (χ1n) is 4.44. The van der Waals surface area contributed by atoms with Crippen LogP contribution in [0.25, 0.3) is 11.4 Å². The molecule has 0 saturated carbocycles. The van der Waals surface area contributed by atoms with Crippen LogP contribution in [0.5, 0.6) is 5.88 Å². The number of aromatic nitrogens is 4. The first-order valence-corrected chi connectivity index (χ1v) is 4.44. The van der Waals surface area contributed by atoms with E-state index in [2.05, 4.69) is 20.2 Å². The number of rotatable bonds is 3. The predicted molar refractivity (Wildman–Crippen MR) is 54.1 cm³/mol. The molecule has 6 nitrogen and oxygen atoms in total. The highest BCUT2D eigenvalue weighted by Crippen LogP contribution is 2.15. The highest BCUT2D eigenvalue weighted by Gasteiger charge is 2.05. The van der Waals surface area contributed by atoms with E-state index in [1.807, 2.05) is 6.07 Å². The van der Waals surface area contributed by atoms with Crippen molar-refractivity contribution < 1.29 is 4.74 Å². The molecular weight excluding hydrogens is 194 g/mol. The first kappa shape index (κ1) is 9.60. The average molecular weight is 205 g/mol. The van der Waals surface area contributed by atoms with Gasteiger partial charge in [-0.1, -0.05) is 0 Å². The van der Waals surface area contributed by atoms with Gasteiger partial charge in [0.05, 0.1) is 19.5 Å². The van der Waals surface area contributed by atoms with E-state index in [1.165, 1.54) is 0 Å². The van der Waals surface area contributed by atoms with Gasteiger partial charge in [-0.05, 0) is 6.07 Å². The second kappa shape index (κ2) is 4.05. The van der Waals surface area contributed by atoms with Crippen molar-refractivity contribution in [3.05, 3.63) is 24.2 Å². The lowest BCUT2D eigenvalue weighted by Crippen LogP contribution is -1.95. The smallest absolute Gasteiger partial charge is 0.232 e. The molecule has 0 unspecified atom stereocenters. The van der Waals surface area contributed by atoms with Crippen LogP contribution in [0.3, 0.4) is 0 Å². The van der Waals surface area contributed by atoms with Gasteiger partial charge < -0.3 is 10.5 Å². The zero-order valence-corrected chi connectivity index (χ0v) is 8.27. The molecular formula is C9H11N5O. The van der Waals surface area contributed by atoms with Crippen molar-refractivity contribution in [3.63, 3.8) is 0 Å². The summed E-state index contributed by atoms with van der Waals surface area (Å²) in [6.45, 7) is 0.427. The van der Waals surface area contributed by atoms with Crippen molar-refractivity contribution >= 4 is 0 Å². The molecule has 2 aromatic heterocycles. The van der Waals surface area contributed by atoms with Crippen molar-refractivity contribution in [1.29, 1.82) is 0 Å². The second-order valence-corrected chi connectivity index (χ2v) is 2.93. The molecule has 2 aromatic rings. The van der Waals surface area contributed by atoms with Gasteiger partial charge in [-0.15, -0.1) is 0 Å². The van der Waals surface area contributed by atoms with Gasteiger partial charge in [0.25, 0.3) is 0 Å². The predicted octanol–water partition coefficient (Wildman–Crippen LogP) is 0.334. The summed E-state index contributed by atoms with van der Waals surface area (Å²) in [6, 6.07) is 1.84. The highest BCUT2D eigenvalue weighted by molar-refractivity contribution is 5.52. The van der Waals surface area contributed by atoms with E-state index in [-0.39, 0.29) is 0 Å². The van der Waals surface area contributed by atoms with E-state index in [9.17, 15) is 0 Å². The van der Waals surface area contributed by atoms with Crippen LogP contribution < -0.4 is 10.5 Å². The molecule has 2 rings (SSSR count). The second-order valence-electron chi connectivity index (χ2n) is 2.93. The fourth-order valence-corrected chi connectivity index (χ4v) is 1.15. The zero-order valence-electron chi connectivity index (χ0n) is 8.27. The Morgan fingerprint density at radius 3 is 2.73 bits per heavy atom. The molecule has 0 radical (unpaired) electrons. The van der Waals surface area contributed by atoms with E-state index in [0.29, 0.717) is 18.1 Å². The van der Waals surface area contributed by atoms with Crippen LogP contribution >= 0.6 is 0 Å². The van der Waals surface area contributed by atoms with Crippen molar-refractivity contribution in [2.45, 2.75) is 6.54 Å². The summed E-state index contributed by atoms with van der Waals surface area (Å²) in [4.78, 5) is 8.20. The van der Waals surface area contributed by atoms with Crippen molar-refractivity contribution in [3.8, 4) is 17.3 Å². The summed E-state index contributed by atoms with van der Waals surface area (Å²) >= 11 is 0. The quantitative estimate of drug-likeness (QED) is 0.753. The maximum atomic E-state index is 5.46. The molecule has 0 spiro atoms. The number of hydrogen-bond acceptors (Lipinski definition) is 5. The van der Waals surface area contributed by atoms with E-state index in [1.54, 1.807) is 19.5 Å². The number of H-pyrrole nitrogens is 1. The Morgan fingerprint density at radius 2 is 2.20 bits per heavy atom. The Balaban J connectivity index is 2.28. The summed E-state index contributed by atoms with van der Waals surface area (Å²) < 4.78 is 4.91. The topological polar surface area (TPSA) is 89.7 Å². The third-order valence-corrected chi connectivity index (χ3v) is 1.95. The molecule has 0 aliphatic rings. The molecule has 3 N–H and O–H groups in total. The SMILES string of the molecule is COc1cnc(-c2cc(CN)[nH]n2)cn1. The lowest BCUT2D eigenvalue weighted by Gasteiger charge is -1.97. The Labute approximate surface area is 86.5 Å². The highest BCUT2D eigenvalue weighted by atomic mass is 16.5. The van der Waals surface area contributed by atoms with Gasteiger partial charge in [-0.3, -0.25) is 5.10 Å². The molecule has 0 aromatic carbocycles. The monoisotopic (exact) mass is 205 g/mol. The number of ether oxygens (including phenoxy) is 1. The molecule has 6 heteroatoms. The summed E-state index contributed by atoms with van der Waals surface area (Å²) in [5.74, 6) is 0.480. The largest absolute Gasteiger partial charge is 0.480 e. The van der Waals surface area contributed by atoms with Crippen LogP contribution in [0, 0.1) is 0 Å². The Kier molecular flexibility index (Phi) is 2.59. The number of hydrogen-bond donors (Lipinski definition) is 2. The third-order valence-electron chi connectivity index (χ3n) is 1.95. The lowest BCUT2D eigenvalue weighted by molar-refractivity contribution is 0.396. The standard InChI is InChI=1S/C9H11N5O/c1-15-9-5-11-8(4-12-9)7-2-6(3-10)13-14-7/h2,4-5H,3,10H2,1H3,(H,13,14). The van der Waals surface area contributed by atoms with Crippen LogP contribution in [0.4, 0.5) is 0 Å². The van der Waals surface area contributed by atoms with E-state index in [0.717, 1.165) is 11.4 Å². The van der Waals surface area contributed by atoms with Gasteiger partial charge in [-0.25, -0.2) is 9.97 Å². The van der Waals surface area contributed by atoms with Crippen molar-refractivity contribution in [2.75, 3.05) is 7.11 Å². The van der Waals surface area contributed by atoms with Crippen LogP contribution in [-0.4, -0.2) is 27.3 Å². The van der Waals surface area contributed by atoms with Crippen LogP contribution in [0.1, 0.15) is 5.69 Å². The van der Waals surface area contributed by atoms with Crippen LogP contribution in [-0.2, 0) is 6.54 Å². The number of methoxy groups -OCH3 is 1. The molecule has 0 aliphatic heterocycles. The van der Waals surface area contributed by atoms with Gasteiger partial charge in [0.2, 0.25) is 5.88 Å². The normalized spacial score (nSPS) is 10.3. The molecule has 78 valence electrons. The first-order chi connectivity index (χ1) is 7.33. The van der Waals surface area contributed by atoms with Gasteiger partial charge in [-0.2, -0.15) is 5.10 Å². The maximum Gasteiger partial charge on any atom is 0.232 e. The molecule has 0 fully saturated rings. The molecule has 0 amide bonds. The summed E-state index contributed by atoms with van der Waals surface area (Å²) in [6.07, 6.45) is 3.15. The Morgan fingerprint density at radius 1 is 1.33 bits per heavy atom. The Hall–Kier alpha value is -1.95. The van der Waals surface area contributed by atoms with Crippen molar-refractivity contribution in [2.24, 2.45) is 5.73 Å². The molecule has 0 saturated heterocycles. The third kappa shape index (κ3) is 1.94. The van der Waals surface area contributed by atoms with Gasteiger partial charge in [0, 0.05) is 12.2 Å². The Bertz CT molecular complexity index is 436. The summed E-state index contributed by atoms with van der Waals surface area (Å²) in [5, 5.41) is 6.87. The van der Waals surface area contributed by atoms with Crippen molar-refractivity contribution in [1.82, 2.24) is 20.2 Å². The number of nitrogens with one attached hydrogen (secondary N) is 1. The zero-order chi connectivity index (χ0) is 10.7. The number of aromatic amines is 1. The van der Waals surface area contributed by atoms with Gasteiger partial charge in [0.1, 0.15) is 11.4 Å². The number of nitrogens with two attached hydrogens (primary N) is 1. The molecule has 0 bridgehead atoms. The molecule has 15 heavy (non-hydrogen) atoms. The lowest BCUT2D eigenvalue weighted by atomic mass is 10.3. The summed E-state index contributed by atoms with van der Waals surface area (Å²) in [5.41, 5.74) is 7.74. The fourth-order valence-electron chi connectivity index (χ4n) is 1.15. The van der Waals surface area contributed by atoms with E-state index < -0.39 is 0 Å². The van der Waals surface area contributed by atoms with Gasteiger partial charge >= 0.3 is 0 Å². The molecule has 0 atom stereocenters. The van der Waals surface area contributed by atoms with E-state index >= 15 is 0 Å². The average Bonchev–Trinajstić information content (AvgIpc) is 2.78. The molecule has 0 aliphatic carbocycles. The fraction of sp³-hybridized carbons (Fsp3) is 0.222. The minimum atomic E-state index is 0.427. The van der Waals surface area contributed by atoms with E-state index in [4.69, 9.17) is 10.5 Å². The van der Waals surface area contributed by atoms with Crippen LogP contribution in [0.2, 0.25) is 0 Å². The molecule has 2 heterocycles. The number of nitrogens with zero attached hydrogens (tertiary/aromatic N) is 3. The maximum absolute atomic E-state index is 5.46. The minimum absolute atomic E-state index is 0.427. The minimum Gasteiger partial charge on any atom is -0.480 e. The summed E-state index contributed by atoms with van der Waals surface area (Å²) in [7, 11) is 1.55. The van der Waals surface area contributed by atoms with Crippen LogP contribution in [0.15, 0.2) is 18.5 Å².